The van der Waals surface area contributed by atoms with Gasteiger partial charge in [0.1, 0.15) is 22.6 Å². The number of ether oxygens (including phenoxy) is 1. The molecule has 2 aromatic rings. The maximum absolute atomic E-state index is 12.8. The van der Waals surface area contributed by atoms with Gasteiger partial charge in [-0.1, -0.05) is 11.6 Å². The molecule has 7 nitrogen and oxygen atoms in total. The first-order valence-electron chi connectivity index (χ1n) is 7.37. The van der Waals surface area contributed by atoms with E-state index in [1.54, 1.807) is 12.3 Å². The molecular weight excluding hydrogens is 352 g/mol. The molecule has 2 aromatic heterocycles. The first kappa shape index (κ1) is 16.9. The molecule has 1 fully saturated rings. The molecule has 1 unspecified atom stereocenters. The highest BCUT2D eigenvalue weighted by Crippen LogP contribution is 2.28. The fraction of sp³-hybridized carbons (Fsp3) is 0.333. The summed E-state index contributed by atoms with van der Waals surface area (Å²) in [6.45, 7) is 2.43. The SMILES string of the molecule is Cc1ncccc1OC1CCN(S(=O)(=O)c2cc(Cl)cnc2N)C1. The Labute approximate surface area is 145 Å². The smallest absolute Gasteiger partial charge is 0.246 e. The van der Waals surface area contributed by atoms with E-state index in [1.165, 1.54) is 16.6 Å². The lowest BCUT2D eigenvalue weighted by atomic mass is 10.3. The maximum Gasteiger partial charge on any atom is 0.246 e. The number of aryl methyl sites for hydroxylation is 1. The van der Waals surface area contributed by atoms with Crippen molar-refractivity contribution in [3.8, 4) is 5.75 Å². The molecule has 24 heavy (non-hydrogen) atoms. The van der Waals surface area contributed by atoms with Crippen LogP contribution in [0.2, 0.25) is 5.02 Å². The first-order chi connectivity index (χ1) is 11.4. The van der Waals surface area contributed by atoms with E-state index in [4.69, 9.17) is 22.1 Å². The third-order valence-corrected chi connectivity index (χ3v) is 5.93. The standard InChI is InChI=1S/C15H17ClN4O3S/c1-10-13(3-2-5-18-10)23-12-4-6-20(9-12)24(21,22)14-7-11(16)8-19-15(14)17/h2-3,5,7-8,12H,4,6,9H2,1H3,(H2,17,19). The number of halogens is 1. The molecule has 3 heterocycles. The van der Waals surface area contributed by atoms with E-state index < -0.39 is 10.0 Å². The number of aromatic nitrogens is 2. The number of sulfonamides is 1. The van der Waals surface area contributed by atoms with Crippen molar-refractivity contribution in [2.24, 2.45) is 0 Å². The summed E-state index contributed by atoms with van der Waals surface area (Å²) in [5.41, 5.74) is 6.47. The molecule has 1 atom stereocenters. The van der Waals surface area contributed by atoms with Crippen molar-refractivity contribution in [3.63, 3.8) is 0 Å². The highest BCUT2D eigenvalue weighted by Gasteiger charge is 2.35. The molecule has 128 valence electrons. The second-order valence-electron chi connectivity index (χ2n) is 5.52. The molecular formula is C15H17ClN4O3S. The second-order valence-corrected chi connectivity index (χ2v) is 7.86. The van der Waals surface area contributed by atoms with E-state index in [0.717, 1.165) is 5.69 Å². The van der Waals surface area contributed by atoms with Crippen LogP contribution in [0.4, 0.5) is 5.82 Å². The molecule has 3 rings (SSSR count). The van der Waals surface area contributed by atoms with Gasteiger partial charge in [0, 0.05) is 18.9 Å². The van der Waals surface area contributed by atoms with Gasteiger partial charge in [-0.25, -0.2) is 13.4 Å². The largest absolute Gasteiger partial charge is 0.487 e. The van der Waals surface area contributed by atoms with Crippen molar-refractivity contribution < 1.29 is 13.2 Å². The van der Waals surface area contributed by atoms with Gasteiger partial charge in [-0.3, -0.25) is 4.98 Å². The number of rotatable bonds is 4. The summed E-state index contributed by atoms with van der Waals surface area (Å²) in [4.78, 5) is 7.90. The summed E-state index contributed by atoms with van der Waals surface area (Å²) >= 11 is 5.85. The highest BCUT2D eigenvalue weighted by atomic mass is 35.5. The van der Waals surface area contributed by atoms with E-state index in [1.807, 2.05) is 13.0 Å². The number of hydrogen-bond acceptors (Lipinski definition) is 6. The summed E-state index contributed by atoms with van der Waals surface area (Å²) in [5.74, 6) is 0.595. The minimum absolute atomic E-state index is 0.0631. The Kier molecular flexibility index (Phi) is 4.62. The van der Waals surface area contributed by atoms with Gasteiger partial charge in [0.15, 0.2) is 0 Å². The number of pyridine rings is 2. The molecule has 1 aliphatic rings. The van der Waals surface area contributed by atoms with Gasteiger partial charge in [-0.05, 0) is 31.5 Å². The van der Waals surface area contributed by atoms with Crippen LogP contribution in [0.3, 0.4) is 0 Å². The minimum Gasteiger partial charge on any atom is -0.487 e. The van der Waals surface area contributed by atoms with E-state index in [0.29, 0.717) is 18.7 Å². The Hall–Kier alpha value is -1.90. The molecule has 1 saturated heterocycles. The Balaban J connectivity index is 1.77. The van der Waals surface area contributed by atoms with Crippen LogP contribution in [0.15, 0.2) is 35.5 Å². The maximum atomic E-state index is 12.8. The average Bonchev–Trinajstić information content (AvgIpc) is 3.01. The van der Waals surface area contributed by atoms with Gasteiger partial charge < -0.3 is 10.5 Å². The minimum atomic E-state index is -3.76. The monoisotopic (exact) mass is 368 g/mol. The molecule has 0 amide bonds. The predicted molar refractivity (Wildman–Crippen MR) is 90.4 cm³/mol. The van der Waals surface area contributed by atoms with Crippen LogP contribution < -0.4 is 10.5 Å². The van der Waals surface area contributed by atoms with Gasteiger partial charge in [0.25, 0.3) is 0 Å². The summed E-state index contributed by atoms with van der Waals surface area (Å²) < 4.78 is 32.7. The van der Waals surface area contributed by atoms with Crippen molar-refractivity contribution >= 4 is 27.4 Å². The number of nitrogens with two attached hydrogens (primary N) is 1. The van der Waals surface area contributed by atoms with Crippen LogP contribution in [0.5, 0.6) is 5.75 Å². The molecule has 0 radical (unpaired) electrons. The fourth-order valence-electron chi connectivity index (χ4n) is 2.56. The van der Waals surface area contributed by atoms with Crippen LogP contribution in [0.1, 0.15) is 12.1 Å². The van der Waals surface area contributed by atoms with E-state index in [2.05, 4.69) is 9.97 Å². The van der Waals surface area contributed by atoms with Gasteiger partial charge in [0.2, 0.25) is 10.0 Å². The summed E-state index contributed by atoms with van der Waals surface area (Å²) in [6, 6.07) is 4.92. The lowest BCUT2D eigenvalue weighted by Crippen LogP contribution is -2.31. The van der Waals surface area contributed by atoms with Gasteiger partial charge in [-0.15, -0.1) is 0 Å². The lowest BCUT2D eigenvalue weighted by molar-refractivity contribution is 0.213. The van der Waals surface area contributed by atoms with E-state index in [-0.39, 0.29) is 28.4 Å². The van der Waals surface area contributed by atoms with E-state index in [9.17, 15) is 8.42 Å². The Bertz CT molecular complexity index is 860. The second kappa shape index (κ2) is 6.54. The quantitative estimate of drug-likeness (QED) is 0.884. The zero-order valence-electron chi connectivity index (χ0n) is 13.0. The fourth-order valence-corrected chi connectivity index (χ4v) is 4.36. The first-order valence-corrected chi connectivity index (χ1v) is 9.19. The van der Waals surface area contributed by atoms with Crippen molar-refractivity contribution in [1.82, 2.24) is 14.3 Å². The van der Waals surface area contributed by atoms with Crippen molar-refractivity contribution in [2.45, 2.75) is 24.3 Å². The van der Waals surface area contributed by atoms with Gasteiger partial charge in [0.05, 0.1) is 17.3 Å². The molecule has 9 heteroatoms. The Morgan fingerprint density at radius 3 is 2.96 bits per heavy atom. The van der Waals surface area contributed by atoms with Crippen molar-refractivity contribution in [2.75, 3.05) is 18.8 Å². The number of nitrogens with zero attached hydrogens (tertiary/aromatic N) is 3. The third-order valence-electron chi connectivity index (χ3n) is 3.83. The summed E-state index contributed by atoms with van der Waals surface area (Å²) in [7, 11) is -3.76. The van der Waals surface area contributed by atoms with Crippen molar-refractivity contribution in [1.29, 1.82) is 0 Å². The Morgan fingerprint density at radius 2 is 2.21 bits per heavy atom. The molecule has 1 aliphatic heterocycles. The third kappa shape index (κ3) is 3.31. The molecule has 2 N–H and O–H groups in total. The highest BCUT2D eigenvalue weighted by molar-refractivity contribution is 7.89. The van der Waals surface area contributed by atoms with Gasteiger partial charge >= 0.3 is 0 Å². The number of anilines is 1. The molecule has 0 spiro atoms. The molecule has 0 bridgehead atoms. The van der Waals surface area contributed by atoms with Crippen LogP contribution in [0.25, 0.3) is 0 Å². The molecule has 0 aliphatic carbocycles. The number of nitrogen functional groups attached to an aromatic ring is 1. The molecule has 0 saturated carbocycles. The van der Waals surface area contributed by atoms with E-state index >= 15 is 0 Å². The van der Waals surface area contributed by atoms with Crippen LogP contribution in [0, 0.1) is 6.92 Å². The van der Waals surface area contributed by atoms with Crippen LogP contribution in [-0.2, 0) is 10.0 Å². The predicted octanol–water partition coefficient (Wildman–Crippen LogP) is 1.86. The van der Waals surface area contributed by atoms with Crippen molar-refractivity contribution in [3.05, 3.63) is 41.3 Å². The normalized spacial score (nSPS) is 18.7. The Morgan fingerprint density at radius 1 is 1.42 bits per heavy atom. The summed E-state index contributed by atoms with van der Waals surface area (Å²) in [5, 5.41) is 0.223. The topological polar surface area (TPSA) is 98.4 Å². The lowest BCUT2D eigenvalue weighted by Gasteiger charge is -2.18. The van der Waals surface area contributed by atoms with Crippen LogP contribution >= 0.6 is 11.6 Å². The summed E-state index contributed by atoms with van der Waals surface area (Å²) in [6.07, 6.45) is 3.34. The zero-order valence-corrected chi connectivity index (χ0v) is 14.6. The van der Waals surface area contributed by atoms with Gasteiger partial charge in [-0.2, -0.15) is 4.31 Å². The zero-order chi connectivity index (χ0) is 17.3. The molecule has 0 aromatic carbocycles. The number of hydrogen-bond donors (Lipinski definition) is 1. The average molecular weight is 369 g/mol. The van der Waals surface area contributed by atoms with Crippen LogP contribution in [-0.4, -0.2) is 41.9 Å².